The average molecular weight is 429 g/mol. The summed E-state index contributed by atoms with van der Waals surface area (Å²) in [6.07, 6.45) is 2.08. The van der Waals surface area contributed by atoms with Crippen molar-refractivity contribution in [3.63, 3.8) is 0 Å². The van der Waals surface area contributed by atoms with Gasteiger partial charge < -0.3 is 18.8 Å². The summed E-state index contributed by atoms with van der Waals surface area (Å²) in [6.45, 7) is 7.75. The molecule has 1 aromatic rings. The number of epoxide rings is 1. The summed E-state index contributed by atoms with van der Waals surface area (Å²) >= 11 is 0. The minimum absolute atomic E-state index is 0. The molecule has 2 aliphatic heterocycles. The van der Waals surface area contributed by atoms with E-state index in [1.807, 2.05) is 37.3 Å². The van der Waals surface area contributed by atoms with Crippen molar-refractivity contribution in [2.24, 2.45) is 23.2 Å². The van der Waals surface area contributed by atoms with Gasteiger partial charge in [0.25, 0.3) is 0 Å². The van der Waals surface area contributed by atoms with E-state index in [2.05, 4.69) is 20.8 Å². The molecule has 0 spiro atoms. The van der Waals surface area contributed by atoms with E-state index < -0.39 is 24.3 Å². The number of ether oxygens (including phenoxy) is 1. The number of quaternary nitrogens is 1. The Morgan fingerprint density at radius 1 is 1.26 bits per heavy atom. The number of carbonyl (C=O) groups excluding carboxylic acids is 2. The topological polar surface area (TPSA) is 76.1 Å². The van der Waals surface area contributed by atoms with Crippen LogP contribution in [0, 0.1) is 23.2 Å². The second-order valence-corrected chi connectivity index (χ2v) is 11.4. The highest BCUT2D eigenvalue weighted by atomic mass is 16.7. The minimum atomic E-state index is -2.75. The Kier molecular flexibility index (Phi) is 4.39. The highest BCUT2D eigenvalue weighted by Crippen LogP contribution is 2.64. The molecule has 2 heterocycles. The first-order valence-corrected chi connectivity index (χ1v) is 11.6. The van der Waals surface area contributed by atoms with Gasteiger partial charge in [-0.15, -0.1) is 0 Å². The molecule has 6 rings (SSSR count). The molecule has 31 heavy (non-hydrogen) atoms. The van der Waals surface area contributed by atoms with Crippen molar-refractivity contribution in [1.29, 1.82) is 0 Å². The molecular formula is C24H36BNO5. The third-order valence-corrected chi connectivity index (χ3v) is 9.56. The van der Waals surface area contributed by atoms with Crippen LogP contribution in [-0.4, -0.2) is 53.0 Å². The molecule has 5 fully saturated rings. The summed E-state index contributed by atoms with van der Waals surface area (Å²) in [7, 11) is 0. The fraction of sp³-hybridized carbons (Fsp3) is 0.667. The molecule has 2 unspecified atom stereocenters. The van der Waals surface area contributed by atoms with Gasteiger partial charge in [-0.1, -0.05) is 51.1 Å². The number of ketones is 1. The van der Waals surface area contributed by atoms with Gasteiger partial charge in [0.15, 0.2) is 5.78 Å². The van der Waals surface area contributed by atoms with Gasteiger partial charge in [0.1, 0.15) is 19.1 Å². The first-order valence-electron chi connectivity index (χ1n) is 11.6. The summed E-state index contributed by atoms with van der Waals surface area (Å²) in [4.78, 5) is 25.3. The number of benzene rings is 1. The molecule has 0 aromatic heterocycles. The molecule has 1 aromatic carbocycles. The van der Waals surface area contributed by atoms with Crippen molar-refractivity contribution in [1.82, 2.24) is 0 Å². The van der Waals surface area contributed by atoms with Crippen LogP contribution in [0.4, 0.5) is 0 Å². The number of fused-ring (bicyclic) bond motifs is 2. The van der Waals surface area contributed by atoms with Gasteiger partial charge in [0, 0.05) is 14.3 Å². The van der Waals surface area contributed by atoms with Crippen LogP contribution in [0.5, 0.6) is 0 Å². The number of hydrogen-bond donors (Lipinski definition) is 1. The van der Waals surface area contributed by atoms with Crippen molar-refractivity contribution >= 4 is 18.4 Å². The molecule has 1 N–H and O–H groups in total. The number of hydrogen-bond acceptors (Lipinski definition) is 5. The van der Waals surface area contributed by atoms with Gasteiger partial charge in [-0.2, -0.15) is 0 Å². The summed E-state index contributed by atoms with van der Waals surface area (Å²) in [5, 5.41) is 12.2. The molecule has 7 heteroatoms. The van der Waals surface area contributed by atoms with Gasteiger partial charge in [-0.25, -0.2) is 0 Å². The van der Waals surface area contributed by atoms with Gasteiger partial charge in [0.2, 0.25) is 0 Å². The average Bonchev–Trinajstić information content (AvgIpc) is 3.34. The first-order chi connectivity index (χ1) is 14.5. The van der Waals surface area contributed by atoms with Crippen LogP contribution >= 0.6 is 0 Å². The zero-order valence-corrected chi connectivity index (χ0v) is 19.2. The summed E-state index contributed by atoms with van der Waals surface area (Å²) in [5.74, 6) is 0.877. The molecule has 2 bridgehead atoms. The van der Waals surface area contributed by atoms with Crippen molar-refractivity contribution < 1.29 is 29.8 Å². The zero-order valence-electron chi connectivity index (χ0n) is 19.2. The van der Waals surface area contributed by atoms with Crippen LogP contribution in [0.2, 0.25) is 0 Å². The lowest BCUT2D eigenvalue weighted by Gasteiger charge is -2.67. The molecule has 3 saturated carbocycles. The van der Waals surface area contributed by atoms with Crippen LogP contribution in [0.1, 0.15) is 54.5 Å². The van der Waals surface area contributed by atoms with Crippen LogP contribution in [0.3, 0.4) is 0 Å². The molecule has 0 radical (unpaired) electrons. The van der Waals surface area contributed by atoms with E-state index in [4.69, 9.17) is 9.39 Å². The van der Waals surface area contributed by atoms with Gasteiger partial charge in [-0.3, -0.25) is 9.59 Å². The second-order valence-electron chi connectivity index (χ2n) is 11.4. The van der Waals surface area contributed by atoms with E-state index in [0.29, 0.717) is 11.8 Å². The number of nitrogens with zero attached hydrogens (tertiary/aromatic N) is 1. The van der Waals surface area contributed by atoms with E-state index in [-0.39, 0.29) is 42.1 Å². The summed E-state index contributed by atoms with van der Waals surface area (Å²) < 4.78 is 11.9. The maximum atomic E-state index is 12.8. The SMILES string of the molecule is CC(=O)C[N+]1([C@@H]2C[C@@H]3C[C@H]([C@H]2C)C3(C)C)CC(=O)O[B-]1(O)[C@@H]1O[C@@]1(C)c1ccccc1.[HH]. The molecule has 3 aliphatic carbocycles. The standard InChI is InChI=1S/C24H34BNO5.H2/c1-15(27)13-26(20-12-18-11-19(16(20)2)23(18,3)4)14-21(28)31-25(26,29)22-24(5,30-22)17-9-7-6-8-10-17;/h6-10,16,18-20,22,29H,11-14H2,1-5H3;1H/t16-,18+,19-,20-,22-,24+,25?,26?;/m1./s1. The molecule has 0 amide bonds. The summed E-state index contributed by atoms with van der Waals surface area (Å²) in [6, 6.07) is 9.10. The van der Waals surface area contributed by atoms with Crippen LogP contribution < -0.4 is 0 Å². The predicted molar refractivity (Wildman–Crippen MR) is 118 cm³/mol. The lowest BCUT2D eigenvalue weighted by molar-refractivity contribution is -0.861. The van der Waals surface area contributed by atoms with E-state index in [1.165, 1.54) is 6.42 Å². The Hall–Kier alpha value is -1.70. The molecule has 5 aliphatic rings. The van der Waals surface area contributed by atoms with E-state index in [1.54, 1.807) is 6.92 Å². The quantitative estimate of drug-likeness (QED) is 0.575. The smallest absolute Gasteiger partial charge is 0.557 e. The molecule has 8 atom stereocenters. The lowest BCUT2D eigenvalue weighted by Crippen LogP contribution is -2.78. The third kappa shape index (κ3) is 2.69. The highest BCUT2D eigenvalue weighted by molar-refractivity contribution is 6.64. The zero-order chi connectivity index (χ0) is 22.4. The van der Waals surface area contributed by atoms with Crippen LogP contribution in [0.15, 0.2) is 30.3 Å². The Balaban J connectivity index is 0.00000245. The second kappa shape index (κ2) is 6.43. The van der Waals surface area contributed by atoms with E-state index in [9.17, 15) is 14.6 Å². The Labute approximate surface area is 186 Å². The van der Waals surface area contributed by atoms with E-state index in [0.717, 1.165) is 12.0 Å². The normalized spacial score (nSPS) is 47.4. The maximum Gasteiger partial charge on any atom is 0.557 e. The minimum Gasteiger partial charge on any atom is -0.609 e. The third-order valence-electron chi connectivity index (χ3n) is 9.56. The van der Waals surface area contributed by atoms with Crippen molar-refractivity contribution in [3.8, 4) is 0 Å². The molecule has 170 valence electrons. The molecular weight excluding hydrogens is 393 g/mol. The van der Waals surface area contributed by atoms with Crippen LogP contribution in [-0.2, 0) is 24.6 Å². The highest BCUT2D eigenvalue weighted by Gasteiger charge is 2.77. The van der Waals surface area contributed by atoms with Gasteiger partial charge in [-0.05, 0) is 42.6 Å². The Bertz CT molecular complexity index is 944. The Morgan fingerprint density at radius 3 is 2.52 bits per heavy atom. The van der Waals surface area contributed by atoms with Crippen molar-refractivity contribution in [3.05, 3.63) is 35.9 Å². The lowest BCUT2D eigenvalue weighted by atomic mass is 9.43. The largest absolute Gasteiger partial charge is 0.609 e. The van der Waals surface area contributed by atoms with Crippen molar-refractivity contribution in [2.45, 2.75) is 65.1 Å². The van der Waals surface area contributed by atoms with Crippen molar-refractivity contribution in [2.75, 3.05) is 13.1 Å². The monoisotopic (exact) mass is 429 g/mol. The number of rotatable bonds is 5. The van der Waals surface area contributed by atoms with Gasteiger partial charge in [0.05, 0.1) is 11.6 Å². The Morgan fingerprint density at radius 2 is 1.94 bits per heavy atom. The summed E-state index contributed by atoms with van der Waals surface area (Å²) in [5.41, 5.74) is 0.474. The van der Waals surface area contributed by atoms with Gasteiger partial charge >= 0.3 is 12.7 Å². The molecule has 2 saturated heterocycles. The first kappa shape index (κ1) is 21.2. The van der Waals surface area contributed by atoms with Crippen LogP contribution in [0.25, 0.3) is 0 Å². The maximum absolute atomic E-state index is 12.8. The fourth-order valence-corrected chi connectivity index (χ4v) is 7.68. The van der Waals surface area contributed by atoms with E-state index >= 15 is 0 Å². The molecule has 6 nitrogen and oxygen atoms in total. The fourth-order valence-electron chi connectivity index (χ4n) is 7.68. The number of carbonyl (C=O) groups is 2. The predicted octanol–water partition coefficient (Wildman–Crippen LogP) is 3.05. The number of Topliss-reactive ketones (excluding diaryl/α,β-unsaturated/α-hetero) is 1.